The Morgan fingerprint density at radius 1 is 0.389 bits per heavy atom. The van der Waals surface area contributed by atoms with Gasteiger partial charge in [0.15, 0.2) is 5.82 Å². The first-order valence-corrected chi connectivity index (χ1v) is 18.6. The van der Waals surface area contributed by atoms with Gasteiger partial charge in [0.05, 0.1) is 11.4 Å². The highest BCUT2D eigenvalue weighted by molar-refractivity contribution is 6.07. The fourth-order valence-corrected chi connectivity index (χ4v) is 8.69. The number of hydrogen-bond acceptors (Lipinski definition) is 3. The Labute approximate surface area is 313 Å². The predicted molar refractivity (Wildman–Crippen MR) is 224 cm³/mol. The molecule has 54 heavy (non-hydrogen) atoms. The minimum Gasteiger partial charge on any atom is -0.456 e. The van der Waals surface area contributed by atoms with Gasteiger partial charge in [0.2, 0.25) is 0 Å². The smallest absolute Gasteiger partial charge is 0.161 e. The maximum absolute atomic E-state index is 6.29. The van der Waals surface area contributed by atoms with Crippen molar-refractivity contribution in [2.45, 2.75) is 19.3 Å². The van der Waals surface area contributed by atoms with Gasteiger partial charge in [0.25, 0.3) is 0 Å². The predicted octanol–water partition coefficient (Wildman–Crippen LogP) is 13.7. The van der Waals surface area contributed by atoms with Gasteiger partial charge >= 0.3 is 0 Å². The van der Waals surface area contributed by atoms with Crippen molar-refractivity contribution in [3.63, 3.8) is 0 Å². The first-order chi connectivity index (χ1) is 26.5. The van der Waals surface area contributed by atoms with Crippen LogP contribution in [0.15, 0.2) is 174 Å². The molecule has 0 atom stereocenters. The van der Waals surface area contributed by atoms with Gasteiger partial charge < -0.3 is 4.42 Å². The molecule has 11 rings (SSSR count). The van der Waals surface area contributed by atoms with Crippen LogP contribution in [0.1, 0.15) is 25.0 Å². The fourth-order valence-electron chi connectivity index (χ4n) is 8.69. The number of aromatic nitrogens is 2. The van der Waals surface area contributed by atoms with Gasteiger partial charge in [-0.2, -0.15) is 0 Å². The van der Waals surface area contributed by atoms with Crippen LogP contribution < -0.4 is 0 Å². The summed E-state index contributed by atoms with van der Waals surface area (Å²) in [6, 6.07) is 60.6. The molecule has 0 unspecified atom stereocenters. The van der Waals surface area contributed by atoms with Gasteiger partial charge in [0.1, 0.15) is 11.2 Å². The summed E-state index contributed by atoms with van der Waals surface area (Å²) in [4.78, 5) is 10.5. The van der Waals surface area contributed by atoms with E-state index in [2.05, 4.69) is 166 Å². The zero-order valence-electron chi connectivity index (χ0n) is 30.0. The van der Waals surface area contributed by atoms with E-state index in [1.165, 1.54) is 49.5 Å². The van der Waals surface area contributed by atoms with E-state index < -0.39 is 0 Å². The summed E-state index contributed by atoms with van der Waals surface area (Å²) in [7, 11) is 0. The highest BCUT2D eigenvalue weighted by Gasteiger charge is 2.36. The van der Waals surface area contributed by atoms with Crippen molar-refractivity contribution in [2.75, 3.05) is 0 Å². The van der Waals surface area contributed by atoms with E-state index in [0.29, 0.717) is 5.82 Å². The molecule has 2 aromatic heterocycles. The van der Waals surface area contributed by atoms with Crippen LogP contribution in [-0.4, -0.2) is 9.97 Å². The molecule has 8 aromatic carbocycles. The highest BCUT2D eigenvalue weighted by Crippen LogP contribution is 2.51. The molecule has 0 bridgehead atoms. The lowest BCUT2D eigenvalue weighted by Gasteiger charge is -2.22. The molecule has 10 aromatic rings. The molecule has 254 valence electrons. The minimum absolute atomic E-state index is 0.117. The van der Waals surface area contributed by atoms with Gasteiger partial charge in [-0.05, 0) is 103 Å². The lowest BCUT2D eigenvalue weighted by molar-refractivity contribution is 0.661. The topological polar surface area (TPSA) is 38.9 Å². The van der Waals surface area contributed by atoms with Crippen LogP contribution in [0.25, 0.3) is 99.6 Å². The SMILES string of the molecule is CC1(C)c2cc(-c3ccc(-c4nc(-c5ccccc5)cc(-c5ccc6c(c5)oc5ccccc56)n4)c4ccccc34)ccc2-c2cc3ccccc3cc21. The van der Waals surface area contributed by atoms with Gasteiger partial charge in [-0.15, -0.1) is 0 Å². The second kappa shape index (κ2) is 11.6. The zero-order valence-corrected chi connectivity index (χ0v) is 30.0. The molecule has 0 spiro atoms. The summed E-state index contributed by atoms with van der Waals surface area (Å²) in [5.74, 6) is 0.691. The quantitative estimate of drug-likeness (QED) is 0.184. The summed E-state index contributed by atoms with van der Waals surface area (Å²) in [5, 5.41) is 7.07. The van der Waals surface area contributed by atoms with E-state index in [1.54, 1.807) is 0 Å². The summed E-state index contributed by atoms with van der Waals surface area (Å²) < 4.78 is 6.29. The number of rotatable bonds is 4. The molecule has 3 heteroatoms. The molecule has 3 nitrogen and oxygen atoms in total. The summed E-state index contributed by atoms with van der Waals surface area (Å²) in [6.07, 6.45) is 0. The third kappa shape index (κ3) is 4.68. The van der Waals surface area contributed by atoms with E-state index in [9.17, 15) is 0 Å². The second-order valence-corrected chi connectivity index (χ2v) is 15.0. The number of para-hydroxylation sites is 1. The minimum atomic E-state index is -0.117. The first-order valence-electron chi connectivity index (χ1n) is 18.6. The second-order valence-electron chi connectivity index (χ2n) is 15.0. The van der Waals surface area contributed by atoms with Gasteiger partial charge in [-0.3, -0.25) is 0 Å². The number of fused-ring (bicyclic) bond motifs is 8. The number of benzene rings is 8. The van der Waals surface area contributed by atoms with Crippen molar-refractivity contribution >= 4 is 43.5 Å². The van der Waals surface area contributed by atoms with Crippen molar-refractivity contribution < 1.29 is 4.42 Å². The van der Waals surface area contributed by atoms with Gasteiger partial charge in [-0.1, -0.05) is 135 Å². The first kappa shape index (κ1) is 30.8. The van der Waals surface area contributed by atoms with E-state index in [0.717, 1.165) is 55.4 Å². The van der Waals surface area contributed by atoms with E-state index in [-0.39, 0.29) is 5.41 Å². The molecule has 0 radical (unpaired) electrons. The summed E-state index contributed by atoms with van der Waals surface area (Å²) in [6.45, 7) is 4.72. The van der Waals surface area contributed by atoms with Crippen LogP contribution in [-0.2, 0) is 5.41 Å². The number of furan rings is 1. The standard InChI is InChI=1S/C51H34N2O/c1-51(2)44-28-34(20-22-39(44)43-26-32-14-6-7-15-33(32)27-45(43)51)36-24-25-42(38-17-9-8-16-37(36)38)50-52-46(31-12-4-3-5-13-31)30-47(53-50)35-21-23-41-40-18-10-11-19-48(40)54-49(41)29-35/h3-30H,1-2H3. The molecule has 2 heterocycles. The van der Waals surface area contributed by atoms with Gasteiger partial charge in [0, 0.05) is 32.9 Å². The molecule has 0 saturated heterocycles. The summed E-state index contributed by atoms with van der Waals surface area (Å²) >= 11 is 0. The average Bonchev–Trinajstić information content (AvgIpc) is 3.70. The van der Waals surface area contributed by atoms with Crippen LogP contribution in [0.3, 0.4) is 0 Å². The van der Waals surface area contributed by atoms with E-state index in [4.69, 9.17) is 14.4 Å². The van der Waals surface area contributed by atoms with Crippen molar-refractivity contribution in [3.8, 4) is 56.2 Å². The Kier molecular flexibility index (Phi) is 6.60. The van der Waals surface area contributed by atoms with Crippen LogP contribution in [0.5, 0.6) is 0 Å². The lowest BCUT2D eigenvalue weighted by Crippen LogP contribution is -2.15. The van der Waals surface area contributed by atoms with Crippen LogP contribution >= 0.6 is 0 Å². The fraction of sp³-hybridized carbons (Fsp3) is 0.0588. The van der Waals surface area contributed by atoms with Gasteiger partial charge in [-0.25, -0.2) is 9.97 Å². The normalized spacial score (nSPS) is 13.1. The Balaban J connectivity index is 1.06. The van der Waals surface area contributed by atoms with Crippen LogP contribution in [0.2, 0.25) is 0 Å². The van der Waals surface area contributed by atoms with E-state index in [1.807, 2.05) is 18.2 Å². The molecule has 0 amide bonds. The van der Waals surface area contributed by atoms with Crippen molar-refractivity contribution in [3.05, 3.63) is 181 Å². The van der Waals surface area contributed by atoms with Crippen molar-refractivity contribution in [1.29, 1.82) is 0 Å². The number of nitrogens with zero attached hydrogens (tertiary/aromatic N) is 2. The lowest BCUT2D eigenvalue weighted by atomic mass is 9.81. The summed E-state index contributed by atoms with van der Waals surface area (Å²) in [5.41, 5.74) is 14.2. The molecule has 1 aliphatic rings. The Bertz CT molecular complexity index is 3130. The molecule has 0 saturated carbocycles. The molecule has 0 N–H and O–H groups in total. The third-order valence-electron chi connectivity index (χ3n) is 11.5. The monoisotopic (exact) mass is 690 g/mol. The molecule has 0 aliphatic heterocycles. The largest absolute Gasteiger partial charge is 0.456 e. The van der Waals surface area contributed by atoms with Crippen LogP contribution in [0.4, 0.5) is 0 Å². The third-order valence-corrected chi connectivity index (χ3v) is 11.5. The van der Waals surface area contributed by atoms with E-state index >= 15 is 0 Å². The Morgan fingerprint density at radius 2 is 0.981 bits per heavy atom. The number of hydrogen-bond donors (Lipinski definition) is 0. The Hall–Kier alpha value is -6.84. The Morgan fingerprint density at radius 3 is 1.80 bits per heavy atom. The zero-order chi connectivity index (χ0) is 36.0. The van der Waals surface area contributed by atoms with Crippen molar-refractivity contribution in [2.24, 2.45) is 0 Å². The maximum Gasteiger partial charge on any atom is 0.161 e. The molecule has 0 fully saturated rings. The molecule has 1 aliphatic carbocycles. The average molecular weight is 691 g/mol. The van der Waals surface area contributed by atoms with Crippen molar-refractivity contribution in [1.82, 2.24) is 9.97 Å². The highest BCUT2D eigenvalue weighted by atomic mass is 16.3. The molecular formula is C51H34N2O. The maximum atomic E-state index is 6.29. The molecular weight excluding hydrogens is 657 g/mol. The van der Waals surface area contributed by atoms with Crippen LogP contribution in [0, 0.1) is 0 Å².